The van der Waals surface area contributed by atoms with Crippen LogP contribution in [0, 0.1) is 27.7 Å². The molecule has 17 N–H and O–H groups in total. The topological polar surface area (TPSA) is 580 Å². The van der Waals surface area contributed by atoms with Gasteiger partial charge in [0.2, 0.25) is 31.9 Å². The van der Waals surface area contributed by atoms with Gasteiger partial charge in [-0.05, 0) is 133 Å². The number of nitrogens with two attached hydrogens (primary N) is 4. The van der Waals surface area contributed by atoms with E-state index < -0.39 is 20.0 Å². The Morgan fingerprint density at radius 2 is 0.685 bits per heavy atom. The van der Waals surface area contributed by atoms with Gasteiger partial charge in [-0.15, -0.1) is 21.3 Å². The number of rotatable bonds is 20. The van der Waals surface area contributed by atoms with E-state index in [1.165, 1.54) is 12.4 Å². The number of fused-ring (bicyclic) bond motifs is 10. The molecule has 2 atom stereocenters. The molecular weight excluding hydrogens is 1900 g/mol. The largest absolute Gasteiger partial charge is 0.383 e. The Balaban J connectivity index is 0.000000121. The molecule has 730 valence electrons. The Bertz CT molecular complexity index is 8400. The summed E-state index contributed by atoms with van der Waals surface area (Å²) in [5, 5.41) is 40.8. The van der Waals surface area contributed by atoms with Gasteiger partial charge in [0, 0.05) is 224 Å². The molecule has 143 heavy (non-hydrogen) atoms. The highest BCUT2D eigenvalue weighted by molar-refractivity contribution is 8.14. The van der Waals surface area contributed by atoms with Crippen molar-refractivity contribution in [2.75, 3.05) is 108 Å². The molecule has 4 aliphatic heterocycles. The van der Waals surface area contributed by atoms with Crippen LogP contribution < -0.4 is 68.4 Å². The number of aromatic nitrogens is 24. The summed E-state index contributed by atoms with van der Waals surface area (Å²) in [4.78, 5) is 88.0. The van der Waals surface area contributed by atoms with Gasteiger partial charge in [-0.2, -0.15) is 20.4 Å². The van der Waals surface area contributed by atoms with E-state index in [1.54, 1.807) is 77.7 Å². The van der Waals surface area contributed by atoms with E-state index in [1.807, 2.05) is 147 Å². The van der Waals surface area contributed by atoms with Gasteiger partial charge in [0.1, 0.15) is 71.3 Å². The molecule has 48 heteroatoms. The summed E-state index contributed by atoms with van der Waals surface area (Å²) in [6, 6.07) is 23.3. The van der Waals surface area contributed by atoms with Gasteiger partial charge in [0.05, 0.1) is 95.9 Å². The number of aryl methyl sites for hydroxylation is 4. The summed E-state index contributed by atoms with van der Waals surface area (Å²) >= 11 is 0. The Morgan fingerprint density at radius 3 is 1.02 bits per heavy atom. The maximum Gasteiger partial charge on any atom is 0.244 e. The van der Waals surface area contributed by atoms with Crippen LogP contribution in [0.1, 0.15) is 56.7 Å². The molecule has 18 aromatic heterocycles. The second-order valence-electron chi connectivity index (χ2n) is 34.9. The van der Waals surface area contributed by atoms with E-state index in [0.29, 0.717) is 147 Å². The summed E-state index contributed by atoms with van der Waals surface area (Å²) in [6.07, 6.45) is 37.2. The minimum absolute atomic E-state index is 0.0481. The molecule has 2 unspecified atom stereocenters. The zero-order chi connectivity index (χ0) is 100.0. The molecule has 0 fully saturated rings. The minimum Gasteiger partial charge on any atom is -0.383 e. The quantitative estimate of drug-likeness (QED) is 0.0315. The third kappa shape index (κ3) is 21.3. The molecule has 0 saturated carbocycles. The Hall–Kier alpha value is -17.0. The van der Waals surface area contributed by atoms with Gasteiger partial charge in [0.25, 0.3) is 0 Å². The Morgan fingerprint density at radius 1 is 0.378 bits per heavy atom. The number of carbonyl (C=O) groups excluding carboxylic acids is 2. The first-order chi connectivity index (χ1) is 68.6. The minimum atomic E-state index is -3.46. The smallest absolute Gasteiger partial charge is 0.244 e. The molecule has 22 rings (SSSR count). The lowest BCUT2D eigenvalue weighted by Gasteiger charge is -2.14. The fraction of sp³-hybridized carbons (Fsp3) is 0.221. The van der Waals surface area contributed by atoms with Crippen LogP contribution in [0.4, 0.5) is 92.6 Å². The zero-order valence-corrected chi connectivity index (χ0v) is 82.4. The number of hydrogen-bond acceptors (Lipinski definition) is 34. The number of sulfonamides is 2. The first-order valence-electron chi connectivity index (χ1n) is 44.9. The number of amides is 2. The molecule has 0 aliphatic carbocycles. The first kappa shape index (κ1) is 94.9. The number of carbonyl (C=O) groups is 2. The summed E-state index contributed by atoms with van der Waals surface area (Å²) in [5.74, 6) is 16.6. The maximum absolute atomic E-state index is 12.2. The Kier molecular flexibility index (Phi) is 26.1. The van der Waals surface area contributed by atoms with Gasteiger partial charge in [-0.1, -0.05) is 11.7 Å². The summed E-state index contributed by atoms with van der Waals surface area (Å²) < 4.78 is 70.3. The first-order valence-corrected chi connectivity index (χ1v) is 52.3. The van der Waals surface area contributed by atoms with Crippen LogP contribution in [0.5, 0.6) is 0 Å². The van der Waals surface area contributed by atoms with Crippen LogP contribution in [0.15, 0.2) is 172 Å². The molecule has 4 aliphatic rings. The average molecular weight is 2000 g/mol. The number of nitrogens with one attached hydrogen (secondary N) is 9. The van der Waals surface area contributed by atoms with E-state index in [9.17, 15) is 26.4 Å². The molecule has 0 spiro atoms. The fourth-order valence-electron chi connectivity index (χ4n) is 17.1. The van der Waals surface area contributed by atoms with Crippen molar-refractivity contribution in [3.63, 3.8) is 0 Å². The van der Waals surface area contributed by atoms with Crippen molar-refractivity contribution in [3.8, 4) is 45.0 Å². The van der Waals surface area contributed by atoms with Crippen molar-refractivity contribution in [1.82, 2.24) is 128 Å². The third-order valence-electron chi connectivity index (χ3n) is 24.4. The number of pyridine rings is 12. The SMILES string of the molecule is C=S(C)Nc1cncc(-c2cc3cc(Nc4cc5n(n4)CC(=O)N(C)CC5)ncc3c(N)n2)c1C.C=S(C)Nc1cncc(-c2cc3cc(Nc4cc5n(n4)Cc4nccn4CC5)ncc3c(N)n2)c1C.Cc1c(NS(C)(=O)=O)cncc1-c1cc2cc(Nc3cc4n(n3)CC(=O)NCC4)ncc2c(N)n1.Cc1c(NS(C)(=O)=O)cncc1-c1cc2cc(Nc3cc4n(n3)Cc3nccn3CC4)ncc2c(N)n1. The van der Waals surface area contributed by atoms with E-state index >= 15 is 0 Å². The Labute approximate surface area is 824 Å². The normalized spacial score (nSPS) is 13.7. The van der Waals surface area contributed by atoms with Gasteiger partial charge in [-0.3, -0.25) is 57.7 Å². The molecule has 0 saturated heterocycles. The van der Waals surface area contributed by atoms with Gasteiger partial charge in [0.15, 0.2) is 23.3 Å². The summed E-state index contributed by atoms with van der Waals surface area (Å²) in [6.45, 7) is 12.3. The lowest BCUT2D eigenvalue weighted by Crippen LogP contribution is -2.29. The second-order valence-corrected chi connectivity index (χ2v) is 41.3. The predicted octanol–water partition coefficient (Wildman–Crippen LogP) is 11.4. The lowest BCUT2D eigenvalue weighted by molar-refractivity contribution is -0.130. The molecule has 22 heterocycles. The monoisotopic (exact) mass is 2000 g/mol. The van der Waals surface area contributed by atoms with Crippen molar-refractivity contribution in [3.05, 3.63) is 229 Å². The lowest BCUT2D eigenvalue weighted by atomic mass is 10.0. The van der Waals surface area contributed by atoms with E-state index in [2.05, 4.69) is 152 Å². The predicted molar refractivity (Wildman–Crippen MR) is 563 cm³/mol. The van der Waals surface area contributed by atoms with Crippen molar-refractivity contribution in [2.45, 2.75) is 92.6 Å². The average Bonchev–Trinajstić information content (AvgIpc) is 1.78. The summed E-state index contributed by atoms with van der Waals surface area (Å²) in [5.41, 5.74) is 41.2. The zero-order valence-electron chi connectivity index (χ0n) is 79.1. The molecule has 0 radical (unpaired) electrons. The van der Waals surface area contributed by atoms with Gasteiger partial charge < -0.3 is 73.0 Å². The van der Waals surface area contributed by atoms with Crippen LogP contribution >= 0.6 is 21.3 Å². The van der Waals surface area contributed by atoms with Crippen LogP contribution in [0.3, 0.4) is 0 Å². The number of nitrogen functional groups attached to an aromatic ring is 4. The van der Waals surface area contributed by atoms with Gasteiger partial charge >= 0.3 is 0 Å². The number of imidazole rings is 2. The van der Waals surface area contributed by atoms with Crippen molar-refractivity contribution in [1.29, 1.82) is 0 Å². The molecular formula is C95H100N38O6S4. The van der Waals surface area contributed by atoms with Crippen molar-refractivity contribution in [2.24, 2.45) is 0 Å². The number of likely N-dealkylation sites (N-methyl/N-ethyl adjacent to an activating group) is 1. The van der Waals surface area contributed by atoms with Crippen molar-refractivity contribution < 1.29 is 26.4 Å². The van der Waals surface area contributed by atoms with Crippen LogP contribution in [-0.4, -0.2) is 208 Å². The van der Waals surface area contributed by atoms with Crippen LogP contribution in [0.2, 0.25) is 0 Å². The second kappa shape index (κ2) is 39.3. The number of nitrogens with zero attached hydrogens (tertiary/aromatic N) is 25. The maximum atomic E-state index is 12.2. The molecule has 0 aromatic carbocycles. The van der Waals surface area contributed by atoms with Crippen molar-refractivity contribution >= 4 is 201 Å². The number of hydrogen-bond donors (Lipinski definition) is 13. The standard InChI is InChI=1S/C25H26N10S.C24H24N10O2S.C24H27N9OS.C22H23N9O3S/c1-15-18(11-27-13-21(15)33-36(2)3)20-8-16-9-22(29-12-19(16)25(26)30-20)31-23-10-17-4-6-34-7-5-28-24(34)14-35(17)32-23;1-14-17(10-26-12-20(14)32-37(2,35)36)19-7-15-8-21(28-11-18(15)24(25)29-19)30-22-9-16-3-5-33-6-4-27-23(33)13-34(16)31-22;1-14-17(10-26-12-20(14)31-35(3)4)19-7-15-8-21(27-11-18(15)24(25)28-19)29-22-9-16-5-6-32(2)23(34)13-33(16)30-22;1-12-15(8-24-10-18(12)30-35(2,33)34)17-5-13-6-19(26-9-16(13)22(23)27-17)28-20-7-14-3-4-25-21(32)11-31(14)29-20/h5,7-13,33H,2,4,6,14H2,1,3H3,(H2,26,30)(H,29,31,32);4,6-12,32H,3,5,13H2,1-2H3,(H2,25,29)(H,28,30,31);7-12,31H,3,5-6,13H2,1-2,4H3,(H2,25,28)(H,27,29,30);5-10,30H,3-4,11H2,1-2H3,(H2,23,27)(H,25,32)(H,26,28,29). The summed E-state index contributed by atoms with van der Waals surface area (Å²) in [7, 11) is -5.54. The van der Waals surface area contributed by atoms with E-state index in [4.69, 9.17) is 33.1 Å². The molecule has 18 aromatic rings. The highest BCUT2D eigenvalue weighted by Crippen LogP contribution is 2.40. The molecule has 44 nitrogen and oxygen atoms in total. The molecule has 2 amide bonds. The highest BCUT2D eigenvalue weighted by Gasteiger charge is 2.26. The third-order valence-corrected chi connectivity index (χ3v) is 26.7. The highest BCUT2D eigenvalue weighted by atomic mass is 32.2. The van der Waals surface area contributed by atoms with Crippen LogP contribution in [0.25, 0.3) is 88.1 Å². The van der Waals surface area contributed by atoms with Crippen LogP contribution in [-0.2, 0) is 94.6 Å². The van der Waals surface area contributed by atoms with E-state index in [0.717, 1.165) is 162 Å². The molecule has 0 bridgehead atoms. The van der Waals surface area contributed by atoms with E-state index in [-0.39, 0.29) is 52.1 Å². The number of anilines is 16. The van der Waals surface area contributed by atoms with Gasteiger partial charge in [-0.25, -0.2) is 66.7 Å². The fourth-order valence-corrected chi connectivity index (χ4v) is 19.5.